The summed E-state index contributed by atoms with van der Waals surface area (Å²) in [6, 6.07) is 32.5. The molecule has 4 aromatic carbocycles. The van der Waals surface area contributed by atoms with Crippen molar-refractivity contribution < 1.29 is 44.3 Å². The maximum Gasteiger partial charge on any atom is 0.314 e. The van der Waals surface area contributed by atoms with Crippen LogP contribution >= 0.6 is 0 Å². The van der Waals surface area contributed by atoms with Crippen LogP contribution < -0.4 is 14.3 Å². The van der Waals surface area contributed by atoms with Gasteiger partial charge in [-0.3, -0.25) is 23.2 Å². The third kappa shape index (κ3) is 11.0. The molecule has 9 rings (SSSR count). The Labute approximate surface area is 383 Å². The minimum absolute atomic E-state index is 0.0193. The van der Waals surface area contributed by atoms with Crippen LogP contribution in [0.1, 0.15) is 33.8 Å². The molecular formula is C45H53F2N9O8S2. The summed E-state index contributed by atoms with van der Waals surface area (Å²) in [5.41, 5.74) is 9.11. The number of hydrogen-bond donors (Lipinski definition) is 1. The van der Waals surface area contributed by atoms with Crippen molar-refractivity contribution in [1.82, 2.24) is 28.6 Å². The fourth-order valence-electron chi connectivity index (χ4n) is 7.98. The third-order valence-electron chi connectivity index (χ3n) is 12.1. The Morgan fingerprint density at radius 2 is 1.05 bits per heavy atom. The van der Waals surface area contributed by atoms with E-state index >= 15 is 0 Å². The molecule has 0 unspecified atom stereocenters. The van der Waals surface area contributed by atoms with Crippen molar-refractivity contribution in [2.75, 3.05) is 93.9 Å². The van der Waals surface area contributed by atoms with Gasteiger partial charge in [-0.05, 0) is 47.5 Å². The highest BCUT2D eigenvalue weighted by Gasteiger charge is 2.38. The van der Waals surface area contributed by atoms with Crippen molar-refractivity contribution in [1.29, 1.82) is 0 Å². The first-order chi connectivity index (χ1) is 31.9. The molecule has 1 aromatic heterocycles. The normalized spacial score (nSPS) is 18.2. The second-order valence-electron chi connectivity index (χ2n) is 16.2. The summed E-state index contributed by atoms with van der Waals surface area (Å²) in [7, 11) is -7.52. The fourth-order valence-corrected chi connectivity index (χ4v) is 11.2. The van der Waals surface area contributed by atoms with Crippen LogP contribution in [0.2, 0.25) is 0 Å². The molecule has 0 bridgehead atoms. The molecule has 5 heterocycles. The van der Waals surface area contributed by atoms with Gasteiger partial charge in [0.2, 0.25) is 5.89 Å². The lowest BCUT2D eigenvalue weighted by Crippen LogP contribution is -2.59. The molecule has 0 aliphatic carbocycles. The number of Topliss-reactive ketones (excluding diaryl/α,β-unsaturated/α-hetero) is 1. The molecule has 66 heavy (non-hydrogen) atoms. The predicted molar refractivity (Wildman–Crippen MR) is 243 cm³/mol. The summed E-state index contributed by atoms with van der Waals surface area (Å²) >= 11 is 0. The highest BCUT2D eigenvalue weighted by molar-refractivity contribution is 7.90. The molecule has 4 saturated heterocycles. The van der Waals surface area contributed by atoms with Crippen molar-refractivity contribution in [3.63, 3.8) is 0 Å². The van der Waals surface area contributed by atoms with Gasteiger partial charge >= 0.3 is 26.8 Å². The molecule has 0 amide bonds. The topological polar surface area (TPSA) is 188 Å². The molecule has 17 nitrogen and oxygen atoms in total. The monoisotopic (exact) mass is 949 g/mol. The van der Waals surface area contributed by atoms with E-state index in [1.165, 1.54) is 12.9 Å². The molecule has 0 radical (unpaired) electrons. The average molecular weight is 950 g/mol. The third-order valence-corrected chi connectivity index (χ3v) is 15.9. The Bertz CT molecular complexity index is 2570. The highest BCUT2D eigenvalue weighted by atomic mass is 32.2. The van der Waals surface area contributed by atoms with E-state index in [-0.39, 0.29) is 31.3 Å². The Morgan fingerprint density at radius 1 is 0.621 bits per heavy atom. The van der Waals surface area contributed by atoms with E-state index in [0.29, 0.717) is 100 Å². The number of ketones is 1. The van der Waals surface area contributed by atoms with Gasteiger partial charge in [0.05, 0.1) is 69.5 Å². The van der Waals surface area contributed by atoms with Gasteiger partial charge in [0.1, 0.15) is 0 Å². The van der Waals surface area contributed by atoms with Gasteiger partial charge in [0.25, 0.3) is 5.89 Å². The van der Waals surface area contributed by atoms with Crippen molar-refractivity contribution in [2.24, 2.45) is 5.73 Å². The van der Waals surface area contributed by atoms with Crippen molar-refractivity contribution in [2.45, 2.75) is 31.6 Å². The van der Waals surface area contributed by atoms with Gasteiger partial charge in [-0.1, -0.05) is 72.8 Å². The minimum atomic E-state index is -3.80. The van der Waals surface area contributed by atoms with Gasteiger partial charge in [0, 0.05) is 63.5 Å². The summed E-state index contributed by atoms with van der Waals surface area (Å²) < 4.78 is 102. The van der Waals surface area contributed by atoms with Gasteiger partial charge < -0.3 is 19.6 Å². The number of nitrogens with zero attached hydrogens (tertiary/aromatic N) is 8. The van der Waals surface area contributed by atoms with E-state index in [1.807, 2.05) is 24.3 Å². The maximum atomic E-state index is 13.7. The van der Waals surface area contributed by atoms with Crippen molar-refractivity contribution >= 4 is 37.6 Å². The number of ether oxygens (including phenoxy) is 2. The standard InChI is InChI=1S/C23H25F2N5O4S.C22H28N4O4S/c24-21(25)23-27-26-22(34-23)18-8-6-17(7-9-18)14-30(19-4-2-1-3-5-19)35(31,32)29-12-10-28(11-13-29)20-15-33-16-20;23-14-22(27)19-8-6-18(7-9-19)15-26(20-4-2-1-3-5-20)31(28,29)25-12-10-24(11-13-25)21-16-30-17-21/h1-9,20-21H,10-16H2;1-9,21H,10-17,23H2. The summed E-state index contributed by atoms with van der Waals surface area (Å²) in [6.07, 6.45) is -2.84. The lowest BCUT2D eigenvalue weighted by molar-refractivity contribution is -0.0721. The van der Waals surface area contributed by atoms with Crippen LogP contribution in [0, 0.1) is 0 Å². The highest BCUT2D eigenvalue weighted by Crippen LogP contribution is 2.29. The molecule has 0 saturated carbocycles. The maximum absolute atomic E-state index is 13.7. The van der Waals surface area contributed by atoms with Crippen LogP contribution in [-0.4, -0.2) is 149 Å². The van der Waals surface area contributed by atoms with Crippen LogP contribution in [0.4, 0.5) is 20.2 Å². The van der Waals surface area contributed by atoms with E-state index in [4.69, 9.17) is 19.6 Å². The second-order valence-corrected chi connectivity index (χ2v) is 19.9. The number of hydrogen-bond acceptors (Lipinski definition) is 13. The largest absolute Gasteiger partial charge is 0.415 e. The van der Waals surface area contributed by atoms with E-state index in [9.17, 15) is 30.4 Å². The summed E-state index contributed by atoms with van der Waals surface area (Å²) in [5.74, 6) is -0.904. The summed E-state index contributed by atoms with van der Waals surface area (Å²) in [6.45, 7) is 7.53. The molecule has 352 valence electrons. The molecule has 5 aromatic rings. The zero-order chi connectivity index (χ0) is 46.3. The van der Waals surface area contributed by atoms with Crippen LogP contribution in [0.3, 0.4) is 0 Å². The minimum Gasteiger partial charge on any atom is -0.415 e. The van der Waals surface area contributed by atoms with Gasteiger partial charge in [-0.15, -0.1) is 10.2 Å². The van der Waals surface area contributed by atoms with Crippen LogP contribution in [0.15, 0.2) is 114 Å². The van der Waals surface area contributed by atoms with E-state index < -0.39 is 32.7 Å². The first kappa shape index (κ1) is 47.3. The number of carbonyl (C=O) groups is 1. The molecule has 2 N–H and O–H groups in total. The Kier molecular flexibility index (Phi) is 15.2. The Balaban J connectivity index is 0.000000181. The lowest BCUT2D eigenvalue weighted by atomic mass is 10.1. The number of aromatic nitrogens is 2. The van der Waals surface area contributed by atoms with Crippen molar-refractivity contribution in [3.05, 3.63) is 132 Å². The second kappa shape index (κ2) is 21.2. The molecule has 21 heteroatoms. The van der Waals surface area contributed by atoms with E-state index in [2.05, 4.69) is 20.0 Å². The predicted octanol–water partition coefficient (Wildman–Crippen LogP) is 4.04. The van der Waals surface area contributed by atoms with Crippen LogP contribution in [-0.2, 0) is 43.0 Å². The number of nitrogens with two attached hydrogens (primary N) is 1. The molecular weight excluding hydrogens is 897 g/mol. The Morgan fingerprint density at radius 3 is 1.41 bits per heavy atom. The number of rotatable bonds is 16. The number of para-hydroxylation sites is 2. The number of carbonyl (C=O) groups excluding carboxylic acids is 1. The quantitative estimate of drug-likeness (QED) is 0.140. The lowest BCUT2D eigenvalue weighted by Gasteiger charge is -2.43. The van der Waals surface area contributed by atoms with Gasteiger partial charge in [-0.25, -0.2) is 0 Å². The number of benzene rings is 4. The Hall–Kier alpha value is -5.23. The van der Waals surface area contributed by atoms with Gasteiger partial charge in [-0.2, -0.15) is 34.2 Å². The summed E-state index contributed by atoms with van der Waals surface area (Å²) in [5, 5.41) is 7.00. The number of anilines is 2. The first-order valence-electron chi connectivity index (χ1n) is 21.7. The SMILES string of the molecule is NCC(=O)c1ccc(CN(c2ccccc2)S(=O)(=O)N2CCN(C3COC3)CC2)cc1.O=S(=O)(N1CCN(C2COC2)CC1)N(Cc1ccc(-c2nnc(C(F)F)o2)cc1)c1ccccc1. The average Bonchev–Trinajstić information content (AvgIpc) is 3.81. The fraction of sp³-hybridized carbons (Fsp3) is 0.400. The number of halogens is 2. The number of alkyl halides is 2. The zero-order valence-electron chi connectivity index (χ0n) is 36.2. The number of piperazine rings is 2. The molecule has 0 atom stereocenters. The van der Waals surface area contributed by atoms with Crippen LogP contribution in [0.25, 0.3) is 11.5 Å². The molecule has 4 aliphatic rings. The first-order valence-corrected chi connectivity index (χ1v) is 24.5. The summed E-state index contributed by atoms with van der Waals surface area (Å²) in [4.78, 5) is 16.4. The molecule has 0 spiro atoms. The zero-order valence-corrected chi connectivity index (χ0v) is 37.9. The van der Waals surface area contributed by atoms with E-state index in [0.717, 1.165) is 24.3 Å². The van der Waals surface area contributed by atoms with E-state index in [1.54, 1.807) is 89.2 Å². The van der Waals surface area contributed by atoms with Crippen molar-refractivity contribution in [3.8, 4) is 11.5 Å². The molecule has 4 fully saturated rings. The smallest absolute Gasteiger partial charge is 0.314 e. The van der Waals surface area contributed by atoms with Crippen LogP contribution in [0.5, 0.6) is 0 Å². The molecule has 4 aliphatic heterocycles. The van der Waals surface area contributed by atoms with Gasteiger partial charge in [0.15, 0.2) is 5.78 Å².